The Hall–Kier alpha value is -2.87. The lowest BCUT2D eigenvalue weighted by Crippen LogP contribution is -2.21. The normalized spacial score (nSPS) is 19.4. The first-order valence-corrected chi connectivity index (χ1v) is 10.0. The number of hydrogen-bond donors (Lipinski definition) is 3. The molecule has 0 spiro atoms. The number of carboxylic acids is 1. The van der Waals surface area contributed by atoms with E-state index in [9.17, 15) is 18.0 Å². The molecule has 27 heavy (non-hydrogen) atoms. The standard InChI is InChI=1S/C19H20N2O5S/c22-18(13-9-10-14(11-13)19(23)24)20-15-5-4-6-16(12-15)21-27(25,26)17-7-2-1-3-8-17/h1-8,12-14,21H,9-11H2,(H,20,22)(H,23,24)/t13-,14+/m0/s1. The van der Waals surface area contributed by atoms with Crippen molar-refractivity contribution >= 4 is 33.3 Å². The van der Waals surface area contributed by atoms with Crippen LogP contribution in [-0.4, -0.2) is 25.4 Å². The summed E-state index contributed by atoms with van der Waals surface area (Å²) in [5.41, 5.74) is 0.776. The molecule has 142 valence electrons. The van der Waals surface area contributed by atoms with Gasteiger partial charge in [-0.2, -0.15) is 0 Å². The van der Waals surface area contributed by atoms with Crippen molar-refractivity contribution in [3.05, 3.63) is 54.6 Å². The average molecular weight is 388 g/mol. The first-order chi connectivity index (χ1) is 12.8. The number of rotatable bonds is 6. The second-order valence-corrected chi connectivity index (χ2v) is 8.22. The summed E-state index contributed by atoms with van der Waals surface area (Å²) in [5, 5.41) is 11.8. The molecule has 1 fully saturated rings. The smallest absolute Gasteiger partial charge is 0.306 e. The maximum Gasteiger partial charge on any atom is 0.306 e. The minimum absolute atomic E-state index is 0.144. The molecule has 1 aliphatic rings. The Morgan fingerprint density at radius 1 is 0.926 bits per heavy atom. The maximum absolute atomic E-state index is 12.4. The van der Waals surface area contributed by atoms with E-state index < -0.39 is 21.9 Å². The van der Waals surface area contributed by atoms with Gasteiger partial charge in [-0.25, -0.2) is 8.42 Å². The van der Waals surface area contributed by atoms with E-state index in [1.165, 1.54) is 18.2 Å². The molecule has 0 radical (unpaired) electrons. The number of carboxylic acid groups (broad SMARTS) is 1. The van der Waals surface area contributed by atoms with Gasteiger partial charge in [-0.15, -0.1) is 0 Å². The van der Waals surface area contributed by atoms with E-state index in [0.717, 1.165) is 0 Å². The van der Waals surface area contributed by atoms with Crippen LogP contribution < -0.4 is 10.0 Å². The molecule has 2 aromatic carbocycles. The molecule has 0 heterocycles. The molecule has 1 saturated carbocycles. The van der Waals surface area contributed by atoms with Gasteiger partial charge in [-0.3, -0.25) is 14.3 Å². The van der Waals surface area contributed by atoms with Crippen molar-refractivity contribution in [3.63, 3.8) is 0 Å². The van der Waals surface area contributed by atoms with Crippen molar-refractivity contribution in [3.8, 4) is 0 Å². The number of carbonyl (C=O) groups excluding carboxylic acids is 1. The van der Waals surface area contributed by atoms with Gasteiger partial charge in [0.05, 0.1) is 16.5 Å². The second kappa shape index (κ2) is 7.79. The molecule has 0 aromatic heterocycles. The van der Waals surface area contributed by atoms with Crippen molar-refractivity contribution in [2.24, 2.45) is 11.8 Å². The highest BCUT2D eigenvalue weighted by molar-refractivity contribution is 7.92. The van der Waals surface area contributed by atoms with E-state index in [2.05, 4.69) is 10.0 Å². The van der Waals surface area contributed by atoms with Crippen LogP contribution in [0.2, 0.25) is 0 Å². The molecule has 7 nitrogen and oxygen atoms in total. The van der Waals surface area contributed by atoms with Crippen LogP contribution in [0.3, 0.4) is 0 Å². The first-order valence-electron chi connectivity index (χ1n) is 8.57. The fourth-order valence-corrected chi connectivity index (χ4v) is 4.23. The lowest BCUT2D eigenvalue weighted by atomic mass is 10.0. The summed E-state index contributed by atoms with van der Waals surface area (Å²) in [5.74, 6) is -1.95. The number of nitrogens with one attached hydrogen (secondary N) is 2. The predicted octanol–water partition coefficient (Wildman–Crippen LogP) is 2.93. The third-order valence-corrected chi connectivity index (χ3v) is 5.99. The summed E-state index contributed by atoms with van der Waals surface area (Å²) in [7, 11) is -3.72. The van der Waals surface area contributed by atoms with Gasteiger partial charge in [0.25, 0.3) is 10.0 Å². The highest BCUT2D eigenvalue weighted by atomic mass is 32.2. The molecule has 3 rings (SSSR count). The number of aliphatic carboxylic acids is 1. The van der Waals surface area contributed by atoms with Gasteiger partial charge < -0.3 is 10.4 Å². The Balaban J connectivity index is 1.67. The van der Waals surface area contributed by atoms with Crippen LogP contribution in [0.1, 0.15) is 19.3 Å². The lowest BCUT2D eigenvalue weighted by molar-refractivity contribution is -0.141. The predicted molar refractivity (Wildman–Crippen MR) is 101 cm³/mol. The lowest BCUT2D eigenvalue weighted by Gasteiger charge is -2.13. The monoisotopic (exact) mass is 388 g/mol. The quantitative estimate of drug-likeness (QED) is 0.704. The number of amides is 1. The van der Waals surface area contributed by atoms with E-state index >= 15 is 0 Å². The summed E-state index contributed by atoms with van der Waals surface area (Å²) >= 11 is 0. The van der Waals surface area contributed by atoms with Crippen molar-refractivity contribution in [2.75, 3.05) is 10.0 Å². The van der Waals surface area contributed by atoms with E-state index in [4.69, 9.17) is 5.11 Å². The molecule has 2 aromatic rings. The molecule has 8 heteroatoms. The van der Waals surface area contributed by atoms with E-state index in [1.54, 1.807) is 36.4 Å². The van der Waals surface area contributed by atoms with Crippen LogP contribution >= 0.6 is 0 Å². The molecule has 0 bridgehead atoms. The van der Waals surface area contributed by atoms with Gasteiger partial charge in [0.15, 0.2) is 0 Å². The van der Waals surface area contributed by atoms with E-state index in [0.29, 0.717) is 30.6 Å². The van der Waals surface area contributed by atoms with Gasteiger partial charge in [-0.05, 0) is 49.6 Å². The third-order valence-electron chi connectivity index (χ3n) is 4.59. The highest BCUT2D eigenvalue weighted by Gasteiger charge is 2.33. The van der Waals surface area contributed by atoms with Crippen LogP contribution in [-0.2, 0) is 19.6 Å². The van der Waals surface area contributed by atoms with Crippen molar-refractivity contribution in [2.45, 2.75) is 24.2 Å². The number of hydrogen-bond acceptors (Lipinski definition) is 4. The Kier molecular flexibility index (Phi) is 5.46. The first kappa shape index (κ1) is 18.9. The average Bonchev–Trinajstić information content (AvgIpc) is 3.13. The summed E-state index contributed by atoms with van der Waals surface area (Å²) in [6, 6.07) is 14.4. The molecule has 0 saturated heterocycles. The number of anilines is 2. The number of sulfonamides is 1. The third kappa shape index (κ3) is 4.65. The summed E-state index contributed by atoms with van der Waals surface area (Å²) < 4.78 is 27.3. The van der Waals surface area contributed by atoms with Crippen molar-refractivity contribution in [1.82, 2.24) is 0 Å². The Bertz CT molecular complexity index is 944. The Morgan fingerprint density at radius 2 is 1.59 bits per heavy atom. The summed E-state index contributed by atoms with van der Waals surface area (Å²) in [6.45, 7) is 0. The van der Waals surface area contributed by atoms with E-state index in [-0.39, 0.29) is 16.7 Å². The zero-order chi connectivity index (χ0) is 19.4. The Labute approximate surface area is 157 Å². The van der Waals surface area contributed by atoms with Gasteiger partial charge in [0, 0.05) is 11.6 Å². The van der Waals surface area contributed by atoms with Gasteiger partial charge in [0.2, 0.25) is 5.91 Å². The molecule has 2 atom stereocenters. The fourth-order valence-electron chi connectivity index (χ4n) is 3.16. The topological polar surface area (TPSA) is 113 Å². The summed E-state index contributed by atoms with van der Waals surface area (Å²) in [6.07, 6.45) is 1.34. The maximum atomic E-state index is 12.4. The molecule has 3 N–H and O–H groups in total. The SMILES string of the molecule is O=C(O)[C@@H]1CC[C@H](C(=O)Nc2cccc(NS(=O)(=O)c3ccccc3)c2)C1. The molecule has 1 amide bonds. The Morgan fingerprint density at radius 3 is 2.26 bits per heavy atom. The molecule has 0 aliphatic heterocycles. The van der Waals surface area contributed by atoms with Crippen LogP contribution in [0.15, 0.2) is 59.5 Å². The minimum Gasteiger partial charge on any atom is -0.481 e. The van der Waals surface area contributed by atoms with E-state index in [1.807, 2.05) is 0 Å². The minimum atomic E-state index is -3.72. The number of carbonyl (C=O) groups is 2. The second-order valence-electron chi connectivity index (χ2n) is 6.53. The van der Waals surface area contributed by atoms with Crippen molar-refractivity contribution < 1.29 is 23.1 Å². The zero-order valence-corrected chi connectivity index (χ0v) is 15.3. The highest BCUT2D eigenvalue weighted by Crippen LogP contribution is 2.32. The zero-order valence-electron chi connectivity index (χ0n) is 14.5. The fraction of sp³-hybridized carbons (Fsp3) is 0.263. The molecule has 0 unspecified atom stereocenters. The van der Waals surface area contributed by atoms with Gasteiger partial charge >= 0.3 is 5.97 Å². The van der Waals surface area contributed by atoms with Crippen LogP contribution in [0.5, 0.6) is 0 Å². The van der Waals surface area contributed by atoms with Crippen LogP contribution in [0, 0.1) is 11.8 Å². The van der Waals surface area contributed by atoms with Gasteiger partial charge in [0.1, 0.15) is 0 Å². The van der Waals surface area contributed by atoms with Gasteiger partial charge in [-0.1, -0.05) is 24.3 Å². The molecule has 1 aliphatic carbocycles. The van der Waals surface area contributed by atoms with Crippen LogP contribution in [0.4, 0.5) is 11.4 Å². The molecular weight excluding hydrogens is 368 g/mol. The molecular formula is C19H20N2O5S. The number of benzene rings is 2. The summed E-state index contributed by atoms with van der Waals surface area (Å²) in [4.78, 5) is 23.5. The largest absolute Gasteiger partial charge is 0.481 e. The van der Waals surface area contributed by atoms with Crippen LogP contribution in [0.25, 0.3) is 0 Å². The van der Waals surface area contributed by atoms with Crippen molar-refractivity contribution in [1.29, 1.82) is 0 Å².